The molecule has 0 unspecified atom stereocenters. The molecule has 0 atom stereocenters. The molecule has 2 aromatic rings. The fourth-order valence-corrected chi connectivity index (χ4v) is 1.26. The maximum atomic E-state index is 10.8. The summed E-state index contributed by atoms with van der Waals surface area (Å²) in [7, 11) is 0. The number of aromatic nitrogens is 2. The van der Waals surface area contributed by atoms with Crippen molar-refractivity contribution >= 4 is 17.0 Å². The zero-order valence-electron chi connectivity index (χ0n) is 6.98. The third-order valence-corrected chi connectivity index (χ3v) is 1.85. The molecule has 2 rings (SSSR count). The molecule has 0 bridgehead atoms. The molecule has 0 aliphatic heterocycles. The predicted octanol–water partition coefficient (Wildman–Crippen LogP) is 1.13. The Morgan fingerprint density at radius 1 is 1.57 bits per heavy atom. The minimum absolute atomic E-state index is 0.119. The molecular weight excluding hydrogens is 182 g/mol. The van der Waals surface area contributed by atoms with Gasteiger partial charge < -0.3 is 10.1 Å². The molecular formula is C9H5N3O2. The quantitative estimate of drug-likeness (QED) is 0.700. The number of para-hydroxylation sites is 1. The van der Waals surface area contributed by atoms with Gasteiger partial charge in [-0.05, 0) is 12.1 Å². The number of hydrogen-bond donors (Lipinski definition) is 2. The van der Waals surface area contributed by atoms with E-state index in [-0.39, 0.29) is 11.4 Å². The zero-order valence-corrected chi connectivity index (χ0v) is 6.98. The molecule has 1 heterocycles. The van der Waals surface area contributed by atoms with E-state index < -0.39 is 5.97 Å². The number of carboxylic acid groups (broad SMARTS) is 1. The highest BCUT2D eigenvalue weighted by atomic mass is 16.4. The standard InChI is InChI=1S/C9H5N3O2/c10-4-7-11-6-3-1-2-5(9(13)14)8(6)12-7/h1-3H,(H,11,12)(H,13,14). The first-order valence-corrected chi connectivity index (χ1v) is 3.84. The van der Waals surface area contributed by atoms with Gasteiger partial charge in [0.15, 0.2) is 0 Å². The Morgan fingerprint density at radius 2 is 2.36 bits per heavy atom. The number of hydrogen-bond acceptors (Lipinski definition) is 3. The number of aromatic amines is 1. The number of nitrogens with one attached hydrogen (secondary N) is 1. The van der Waals surface area contributed by atoms with Crippen LogP contribution in [0.2, 0.25) is 0 Å². The van der Waals surface area contributed by atoms with Crippen molar-refractivity contribution in [1.29, 1.82) is 5.26 Å². The summed E-state index contributed by atoms with van der Waals surface area (Å²) in [6.45, 7) is 0. The lowest BCUT2D eigenvalue weighted by atomic mass is 10.2. The van der Waals surface area contributed by atoms with Crippen LogP contribution in [0.5, 0.6) is 0 Å². The molecule has 1 aromatic carbocycles. The third kappa shape index (κ3) is 1.10. The smallest absolute Gasteiger partial charge is 0.337 e. The normalized spacial score (nSPS) is 9.93. The number of nitriles is 1. The lowest BCUT2D eigenvalue weighted by Crippen LogP contribution is -1.96. The van der Waals surface area contributed by atoms with E-state index in [2.05, 4.69) is 9.97 Å². The summed E-state index contributed by atoms with van der Waals surface area (Å²) in [4.78, 5) is 17.3. The number of carboxylic acids is 1. The lowest BCUT2D eigenvalue weighted by Gasteiger charge is -1.93. The van der Waals surface area contributed by atoms with Crippen molar-refractivity contribution in [2.24, 2.45) is 0 Å². The van der Waals surface area contributed by atoms with Crippen LogP contribution in [0.15, 0.2) is 18.2 Å². The van der Waals surface area contributed by atoms with Crippen LogP contribution in [0.1, 0.15) is 16.2 Å². The van der Waals surface area contributed by atoms with Crippen LogP contribution < -0.4 is 0 Å². The number of benzene rings is 1. The van der Waals surface area contributed by atoms with Gasteiger partial charge in [0, 0.05) is 0 Å². The largest absolute Gasteiger partial charge is 0.478 e. The maximum absolute atomic E-state index is 10.8. The first-order valence-electron chi connectivity index (χ1n) is 3.84. The molecule has 0 aliphatic carbocycles. The van der Waals surface area contributed by atoms with Gasteiger partial charge in [0.25, 0.3) is 0 Å². The number of imidazole rings is 1. The number of rotatable bonds is 1. The Hall–Kier alpha value is -2.35. The van der Waals surface area contributed by atoms with Crippen molar-refractivity contribution in [1.82, 2.24) is 9.97 Å². The molecule has 0 spiro atoms. The minimum Gasteiger partial charge on any atom is -0.478 e. The zero-order chi connectivity index (χ0) is 10.1. The van der Waals surface area contributed by atoms with Crippen molar-refractivity contribution in [3.8, 4) is 6.07 Å². The number of H-pyrrole nitrogens is 1. The van der Waals surface area contributed by atoms with Crippen LogP contribution in [0.4, 0.5) is 0 Å². The van der Waals surface area contributed by atoms with Crippen LogP contribution >= 0.6 is 0 Å². The highest BCUT2D eigenvalue weighted by Gasteiger charge is 2.11. The van der Waals surface area contributed by atoms with Gasteiger partial charge in [-0.3, -0.25) is 0 Å². The van der Waals surface area contributed by atoms with E-state index in [1.54, 1.807) is 12.1 Å². The summed E-state index contributed by atoms with van der Waals surface area (Å²) in [6.07, 6.45) is 0. The lowest BCUT2D eigenvalue weighted by molar-refractivity contribution is 0.0699. The van der Waals surface area contributed by atoms with Gasteiger partial charge in [-0.2, -0.15) is 5.26 Å². The fourth-order valence-electron chi connectivity index (χ4n) is 1.26. The number of nitrogens with zero attached hydrogens (tertiary/aromatic N) is 2. The van der Waals surface area contributed by atoms with Gasteiger partial charge in [0.05, 0.1) is 16.6 Å². The Labute approximate surface area is 78.6 Å². The minimum atomic E-state index is -1.04. The first-order chi connectivity index (χ1) is 6.72. The molecule has 5 heteroatoms. The average Bonchev–Trinajstić information content (AvgIpc) is 2.59. The van der Waals surface area contributed by atoms with E-state index in [0.717, 1.165) is 0 Å². The number of aromatic carboxylic acids is 1. The highest BCUT2D eigenvalue weighted by molar-refractivity contribution is 6.00. The van der Waals surface area contributed by atoms with E-state index in [1.807, 2.05) is 6.07 Å². The predicted molar refractivity (Wildman–Crippen MR) is 47.8 cm³/mol. The molecule has 0 amide bonds. The van der Waals surface area contributed by atoms with Crippen molar-refractivity contribution < 1.29 is 9.90 Å². The van der Waals surface area contributed by atoms with E-state index in [4.69, 9.17) is 10.4 Å². The second kappa shape index (κ2) is 2.85. The van der Waals surface area contributed by atoms with E-state index in [0.29, 0.717) is 11.0 Å². The summed E-state index contributed by atoms with van der Waals surface area (Å²) in [5.74, 6) is -0.919. The van der Waals surface area contributed by atoms with Gasteiger partial charge in [0.2, 0.25) is 5.82 Å². The molecule has 0 saturated heterocycles. The Bertz CT molecular complexity index is 551. The molecule has 2 N–H and O–H groups in total. The molecule has 1 aromatic heterocycles. The SMILES string of the molecule is N#Cc1nc2cccc(C(=O)O)c2[nH]1. The molecule has 14 heavy (non-hydrogen) atoms. The number of fused-ring (bicyclic) bond motifs is 1. The van der Waals surface area contributed by atoms with Gasteiger partial charge >= 0.3 is 5.97 Å². The molecule has 0 fully saturated rings. The first kappa shape index (κ1) is 8.26. The monoisotopic (exact) mass is 187 g/mol. The van der Waals surface area contributed by atoms with Gasteiger partial charge in [-0.1, -0.05) is 6.07 Å². The van der Waals surface area contributed by atoms with Crippen molar-refractivity contribution in [2.45, 2.75) is 0 Å². The van der Waals surface area contributed by atoms with Crippen molar-refractivity contribution in [3.05, 3.63) is 29.6 Å². The topological polar surface area (TPSA) is 89.8 Å². The van der Waals surface area contributed by atoms with Crippen molar-refractivity contribution in [3.63, 3.8) is 0 Å². The van der Waals surface area contributed by atoms with Crippen molar-refractivity contribution in [2.75, 3.05) is 0 Å². The summed E-state index contributed by atoms with van der Waals surface area (Å²) < 4.78 is 0. The summed E-state index contributed by atoms with van der Waals surface area (Å²) in [5.41, 5.74) is 0.995. The van der Waals surface area contributed by atoms with E-state index in [9.17, 15) is 4.79 Å². The van der Waals surface area contributed by atoms with Crippen LogP contribution in [-0.2, 0) is 0 Å². The van der Waals surface area contributed by atoms with Gasteiger partial charge in [-0.25, -0.2) is 9.78 Å². The molecule has 0 aliphatic rings. The van der Waals surface area contributed by atoms with Gasteiger partial charge in [-0.15, -0.1) is 0 Å². The molecule has 5 nitrogen and oxygen atoms in total. The average molecular weight is 187 g/mol. The van der Waals surface area contributed by atoms with Crippen LogP contribution in [0, 0.1) is 11.3 Å². The Balaban J connectivity index is 2.81. The molecule has 68 valence electrons. The van der Waals surface area contributed by atoms with Gasteiger partial charge in [0.1, 0.15) is 6.07 Å². The van der Waals surface area contributed by atoms with Crippen LogP contribution in [0.3, 0.4) is 0 Å². The van der Waals surface area contributed by atoms with E-state index in [1.165, 1.54) is 6.07 Å². The number of carbonyl (C=O) groups is 1. The summed E-state index contributed by atoms with van der Waals surface area (Å²) in [6, 6.07) is 6.53. The van der Waals surface area contributed by atoms with E-state index >= 15 is 0 Å². The Morgan fingerprint density at radius 3 is 3.00 bits per heavy atom. The molecule has 0 saturated carbocycles. The summed E-state index contributed by atoms with van der Waals surface area (Å²) in [5, 5.41) is 17.4. The Kier molecular flexibility index (Phi) is 1.68. The fraction of sp³-hybridized carbons (Fsp3) is 0. The maximum Gasteiger partial charge on any atom is 0.337 e. The third-order valence-electron chi connectivity index (χ3n) is 1.85. The highest BCUT2D eigenvalue weighted by Crippen LogP contribution is 2.15. The van der Waals surface area contributed by atoms with Crippen LogP contribution in [0.25, 0.3) is 11.0 Å². The molecule has 0 radical (unpaired) electrons. The van der Waals surface area contributed by atoms with Crippen LogP contribution in [-0.4, -0.2) is 21.0 Å². The summed E-state index contributed by atoms with van der Waals surface area (Å²) >= 11 is 0. The second-order valence-electron chi connectivity index (χ2n) is 2.70. The second-order valence-corrected chi connectivity index (χ2v) is 2.70.